The first-order chi connectivity index (χ1) is 10.0. The smallest absolute Gasteiger partial charge is 0.328 e. The molecule has 0 aliphatic carbocycles. The fourth-order valence-corrected chi connectivity index (χ4v) is 2.45. The number of carboxylic acids is 1. The number of rotatable bonds is 5. The lowest BCUT2D eigenvalue weighted by Crippen LogP contribution is -2.45. The van der Waals surface area contributed by atoms with Crippen molar-refractivity contribution >= 4 is 38.7 Å². The third-order valence-corrected chi connectivity index (χ3v) is 3.54. The molecule has 8 nitrogen and oxygen atoms in total. The minimum atomic E-state index is -1.36. The Morgan fingerprint density at radius 2 is 2.24 bits per heavy atom. The number of methoxy groups -OCH3 is 1. The summed E-state index contributed by atoms with van der Waals surface area (Å²) < 4.78 is 5.91. The summed E-state index contributed by atoms with van der Waals surface area (Å²) in [7, 11) is 1.55. The quantitative estimate of drug-likeness (QED) is 0.650. The van der Waals surface area contributed by atoms with Gasteiger partial charge in [-0.05, 0) is 18.2 Å². The third kappa shape index (κ3) is 3.58. The summed E-state index contributed by atoms with van der Waals surface area (Å²) in [6, 6.07) is 3.17. The Morgan fingerprint density at radius 1 is 1.48 bits per heavy atom. The van der Waals surface area contributed by atoms with Gasteiger partial charge in [0, 0.05) is 0 Å². The molecule has 0 fully saturated rings. The van der Waals surface area contributed by atoms with Crippen LogP contribution < -0.4 is 15.4 Å². The molecule has 2 aromatic rings. The van der Waals surface area contributed by atoms with E-state index in [-0.39, 0.29) is 0 Å². The predicted octanol–water partition coefficient (Wildman–Crippen LogP) is 0.872. The van der Waals surface area contributed by atoms with E-state index in [0.29, 0.717) is 16.4 Å². The molecular formula is C12H13N3O5S. The standard InChI is InChI=1S/C12H13N3O5S/c1-20-6-2-3-7-9(4-6)21-12(14-7)15-11(19)13-8(5-16)10(17)18/h2-4,8,16H,5H2,1H3,(H,17,18)(H2,13,14,15,19)/t8-/m0/s1. The Bertz CT molecular complexity index is 672. The van der Waals surface area contributed by atoms with Crippen molar-refractivity contribution in [3.05, 3.63) is 18.2 Å². The normalized spacial score (nSPS) is 11.9. The summed E-state index contributed by atoms with van der Waals surface area (Å²) in [6.07, 6.45) is 0. The van der Waals surface area contributed by atoms with Gasteiger partial charge in [-0.25, -0.2) is 14.6 Å². The number of hydrogen-bond donors (Lipinski definition) is 4. The Labute approximate surface area is 123 Å². The number of carbonyl (C=O) groups excluding carboxylic acids is 1. The molecule has 4 N–H and O–H groups in total. The third-order valence-electron chi connectivity index (χ3n) is 2.60. The molecule has 0 radical (unpaired) electrons. The molecule has 1 aromatic carbocycles. The van der Waals surface area contributed by atoms with Crippen LogP contribution in [0.5, 0.6) is 5.75 Å². The first-order valence-corrected chi connectivity index (χ1v) is 6.71. The van der Waals surface area contributed by atoms with Crippen molar-refractivity contribution in [3.63, 3.8) is 0 Å². The van der Waals surface area contributed by atoms with Gasteiger partial charge in [0.2, 0.25) is 0 Å². The van der Waals surface area contributed by atoms with Gasteiger partial charge in [-0.15, -0.1) is 0 Å². The predicted molar refractivity (Wildman–Crippen MR) is 76.8 cm³/mol. The highest BCUT2D eigenvalue weighted by Gasteiger charge is 2.19. The van der Waals surface area contributed by atoms with E-state index in [1.807, 2.05) is 0 Å². The number of nitrogens with zero attached hydrogens (tertiary/aromatic N) is 1. The van der Waals surface area contributed by atoms with Gasteiger partial charge in [0.1, 0.15) is 5.75 Å². The van der Waals surface area contributed by atoms with Crippen molar-refractivity contribution in [1.82, 2.24) is 10.3 Å². The van der Waals surface area contributed by atoms with Crippen LogP contribution in [0.1, 0.15) is 0 Å². The number of aliphatic hydroxyl groups is 1. The number of urea groups is 1. The molecule has 0 spiro atoms. The zero-order valence-corrected chi connectivity index (χ0v) is 11.8. The van der Waals surface area contributed by atoms with Crippen molar-refractivity contribution < 1.29 is 24.5 Å². The molecule has 112 valence electrons. The molecule has 1 heterocycles. The Kier molecular flexibility index (Phi) is 4.55. The first kappa shape index (κ1) is 15.0. The van der Waals surface area contributed by atoms with Crippen molar-refractivity contribution in [2.75, 3.05) is 19.0 Å². The first-order valence-electron chi connectivity index (χ1n) is 5.89. The number of aromatic nitrogens is 1. The molecule has 0 saturated heterocycles. The number of anilines is 1. The van der Waals surface area contributed by atoms with Crippen molar-refractivity contribution in [3.8, 4) is 5.75 Å². The second-order valence-electron chi connectivity index (χ2n) is 4.02. The molecule has 21 heavy (non-hydrogen) atoms. The van der Waals surface area contributed by atoms with Gasteiger partial charge >= 0.3 is 12.0 Å². The van der Waals surface area contributed by atoms with Crippen LogP contribution in [0.3, 0.4) is 0 Å². The number of ether oxygens (including phenoxy) is 1. The van der Waals surface area contributed by atoms with E-state index < -0.39 is 24.6 Å². The lowest BCUT2D eigenvalue weighted by Gasteiger charge is -2.11. The van der Waals surface area contributed by atoms with Crippen molar-refractivity contribution in [2.45, 2.75) is 6.04 Å². The van der Waals surface area contributed by atoms with Gasteiger partial charge in [0.05, 0.1) is 23.9 Å². The van der Waals surface area contributed by atoms with Crippen LogP contribution in [0.2, 0.25) is 0 Å². The van der Waals surface area contributed by atoms with Gasteiger partial charge in [-0.3, -0.25) is 5.32 Å². The zero-order valence-electron chi connectivity index (χ0n) is 11.0. The largest absolute Gasteiger partial charge is 0.497 e. The van der Waals surface area contributed by atoms with Crippen LogP contribution in [-0.4, -0.2) is 47.0 Å². The second kappa shape index (κ2) is 6.37. The molecule has 0 aliphatic rings. The highest BCUT2D eigenvalue weighted by Crippen LogP contribution is 2.28. The number of aliphatic carboxylic acids is 1. The van der Waals surface area contributed by atoms with Gasteiger partial charge in [-0.2, -0.15) is 0 Å². The molecule has 9 heteroatoms. The Morgan fingerprint density at radius 3 is 2.86 bits per heavy atom. The summed E-state index contributed by atoms with van der Waals surface area (Å²) in [4.78, 5) is 26.5. The van der Waals surface area contributed by atoms with Gasteiger partial charge in [-0.1, -0.05) is 11.3 Å². The van der Waals surface area contributed by atoms with Gasteiger partial charge in [0.15, 0.2) is 11.2 Å². The maximum atomic E-state index is 11.6. The van der Waals surface area contributed by atoms with Crippen LogP contribution >= 0.6 is 11.3 Å². The van der Waals surface area contributed by atoms with E-state index in [2.05, 4.69) is 15.6 Å². The molecule has 1 aromatic heterocycles. The number of nitrogens with one attached hydrogen (secondary N) is 2. The molecule has 0 bridgehead atoms. The average Bonchev–Trinajstić information content (AvgIpc) is 2.85. The number of aliphatic hydroxyl groups excluding tert-OH is 1. The van der Waals surface area contributed by atoms with Crippen LogP contribution in [0.25, 0.3) is 10.2 Å². The summed E-state index contributed by atoms with van der Waals surface area (Å²) in [5.41, 5.74) is 0.688. The SMILES string of the molecule is COc1ccc2nc(NC(=O)N[C@@H](CO)C(=O)O)sc2c1. The van der Waals surface area contributed by atoms with Gasteiger partial charge < -0.3 is 20.3 Å². The minimum Gasteiger partial charge on any atom is -0.497 e. The molecule has 2 rings (SSSR count). The number of carbonyl (C=O) groups is 2. The van der Waals surface area contributed by atoms with E-state index in [1.54, 1.807) is 25.3 Å². The number of amides is 2. The number of fused-ring (bicyclic) bond motifs is 1. The minimum absolute atomic E-state index is 0.317. The van der Waals surface area contributed by atoms with Crippen molar-refractivity contribution in [1.29, 1.82) is 0 Å². The topological polar surface area (TPSA) is 121 Å². The maximum Gasteiger partial charge on any atom is 0.328 e. The van der Waals surface area contributed by atoms with E-state index >= 15 is 0 Å². The van der Waals surface area contributed by atoms with Crippen LogP contribution in [0.15, 0.2) is 18.2 Å². The number of hydrogen-bond acceptors (Lipinski definition) is 6. The number of benzene rings is 1. The van der Waals surface area contributed by atoms with Crippen LogP contribution in [0.4, 0.5) is 9.93 Å². The lowest BCUT2D eigenvalue weighted by atomic mass is 10.3. The molecule has 0 saturated carbocycles. The van der Waals surface area contributed by atoms with Gasteiger partial charge in [0.25, 0.3) is 0 Å². The summed E-state index contributed by atoms with van der Waals surface area (Å²) >= 11 is 1.23. The lowest BCUT2D eigenvalue weighted by molar-refractivity contribution is -0.140. The number of thiazole rings is 1. The van der Waals surface area contributed by atoms with Crippen LogP contribution in [-0.2, 0) is 4.79 Å². The molecular weight excluding hydrogens is 298 g/mol. The zero-order chi connectivity index (χ0) is 15.4. The maximum absolute atomic E-state index is 11.6. The van der Waals surface area contributed by atoms with E-state index in [1.165, 1.54) is 11.3 Å². The number of carboxylic acid groups (broad SMARTS) is 1. The highest BCUT2D eigenvalue weighted by molar-refractivity contribution is 7.22. The average molecular weight is 311 g/mol. The fourth-order valence-electron chi connectivity index (χ4n) is 1.56. The summed E-state index contributed by atoms with van der Waals surface area (Å²) in [6.45, 7) is -0.695. The molecule has 2 amide bonds. The Balaban J connectivity index is 2.09. The van der Waals surface area contributed by atoms with Crippen LogP contribution in [0, 0.1) is 0 Å². The second-order valence-corrected chi connectivity index (χ2v) is 5.06. The molecule has 0 unspecified atom stereocenters. The fraction of sp³-hybridized carbons (Fsp3) is 0.250. The highest BCUT2D eigenvalue weighted by atomic mass is 32.1. The summed E-state index contributed by atoms with van der Waals surface area (Å²) in [5, 5.41) is 22.4. The summed E-state index contributed by atoms with van der Waals surface area (Å²) in [5.74, 6) is -0.643. The van der Waals surface area contributed by atoms with E-state index in [9.17, 15) is 9.59 Å². The van der Waals surface area contributed by atoms with E-state index in [0.717, 1.165) is 4.70 Å². The van der Waals surface area contributed by atoms with E-state index in [4.69, 9.17) is 14.9 Å². The monoisotopic (exact) mass is 311 g/mol. The Hall–Kier alpha value is -2.39. The molecule has 1 atom stereocenters. The van der Waals surface area contributed by atoms with Crippen molar-refractivity contribution in [2.24, 2.45) is 0 Å². The molecule has 0 aliphatic heterocycles.